The fraction of sp³-hybridized carbons (Fsp3) is 0.350. The van der Waals surface area contributed by atoms with Crippen LogP contribution in [0.5, 0.6) is 0 Å². The number of piperidine rings is 1. The minimum absolute atomic E-state index is 0.00577. The van der Waals surface area contributed by atoms with Crippen LogP contribution in [0.2, 0.25) is 0 Å². The predicted molar refractivity (Wildman–Crippen MR) is 92.7 cm³/mol. The van der Waals surface area contributed by atoms with Crippen LogP contribution in [0.4, 0.5) is 4.39 Å². The lowest BCUT2D eigenvalue weighted by molar-refractivity contribution is -0.144. The van der Waals surface area contributed by atoms with E-state index in [1.165, 1.54) is 29.8 Å². The molecule has 0 aromatic heterocycles. The SMILES string of the molecule is O=C(O)C(c1ccc(F)cc1)N1CC[C@H](c2ccccc2)[C@H](CO)C1. The van der Waals surface area contributed by atoms with E-state index in [4.69, 9.17) is 0 Å². The van der Waals surface area contributed by atoms with Gasteiger partial charge in [0.05, 0.1) is 0 Å². The predicted octanol–water partition coefficient (Wildman–Crippen LogP) is 3.05. The van der Waals surface area contributed by atoms with Gasteiger partial charge in [-0.15, -0.1) is 0 Å². The van der Waals surface area contributed by atoms with Gasteiger partial charge in [-0.2, -0.15) is 0 Å². The molecule has 0 spiro atoms. The van der Waals surface area contributed by atoms with Crippen LogP contribution in [0.1, 0.15) is 29.5 Å². The molecule has 0 radical (unpaired) electrons. The second-order valence-electron chi connectivity index (χ2n) is 6.54. The fourth-order valence-electron chi connectivity index (χ4n) is 3.77. The first-order valence-electron chi connectivity index (χ1n) is 8.48. The Hall–Kier alpha value is -2.24. The third-order valence-corrected chi connectivity index (χ3v) is 5.01. The summed E-state index contributed by atoms with van der Waals surface area (Å²) in [6.07, 6.45) is 0.778. The molecule has 1 aliphatic rings. The number of halogens is 1. The quantitative estimate of drug-likeness (QED) is 0.876. The number of carboxylic acid groups (broad SMARTS) is 1. The Labute approximate surface area is 146 Å². The van der Waals surface area contributed by atoms with Crippen molar-refractivity contribution < 1.29 is 19.4 Å². The van der Waals surface area contributed by atoms with Gasteiger partial charge in [0, 0.05) is 19.1 Å². The van der Waals surface area contributed by atoms with Crippen molar-refractivity contribution in [3.8, 4) is 0 Å². The van der Waals surface area contributed by atoms with E-state index < -0.39 is 12.0 Å². The van der Waals surface area contributed by atoms with Crippen LogP contribution < -0.4 is 0 Å². The number of likely N-dealkylation sites (tertiary alicyclic amines) is 1. The average molecular weight is 343 g/mol. The van der Waals surface area contributed by atoms with Crippen LogP contribution in [0, 0.1) is 11.7 Å². The zero-order chi connectivity index (χ0) is 17.8. The molecular formula is C20H22FNO3. The van der Waals surface area contributed by atoms with Gasteiger partial charge in [-0.05, 0) is 42.1 Å². The van der Waals surface area contributed by atoms with Crippen molar-refractivity contribution in [3.63, 3.8) is 0 Å². The van der Waals surface area contributed by atoms with Gasteiger partial charge in [0.1, 0.15) is 11.9 Å². The molecule has 2 N–H and O–H groups in total. The lowest BCUT2D eigenvalue weighted by Gasteiger charge is -2.40. The second-order valence-corrected chi connectivity index (χ2v) is 6.54. The summed E-state index contributed by atoms with van der Waals surface area (Å²) in [6, 6.07) is 14.8. The number of aliphatic hydroxyl groups is 1. The molecule has 1 fully saturated rings. The zero-order valence-electron chi connectivity index (χ0n) is 13.9. The van der Waals surface area contributed by atoms with Crippen LogP contribution in [0.15, 0.2) is 54.6 Å². The highest BCUT2D eigenvalue weighted by Crippen LogP contribution is 2.36. The molecule has 1 saturated heterocycles. The maximum Gasteiger partial charge on any atom is 0.325 e. The molecule has 1 heterocycles. The van der Waals surface area contributed by atoms with Crippen LogP contribution >= 0.6 is 0 Å². The topological polar surface area (TPSA) is 60.8 Å². The molecular weight excluding hydrogens is 321 g/mol. The van der Waals surface area contributed by atoms with Crippen LogP contribution in [0.3, 0.4) is 0 Å². The Balaban J connectivity index is 1.81. The van der Waals surface area contributed by atoms with Gasteiger partial charge >= 0.3 is 5.97 Å². The molecule has 132 valence electrons. The lowest BCUT2D eigenvalue weighted by Crippen LogP contribution is -2.45. The van der Waals surface area contributed by atoms with E-state index in [1.54, 1.807) is 0 Å². The highest BCUT2D eigenvalue weighted by Gasteiger charge is 2.36. The fourth-order valence-corrected chi connectivity index (χ4v) is 3.77. The van der Waals surface area contributed by atoms with Gasteiger partial charge in [0.15, 0.2) is 0 Å². The standard InChI is InChI=1S/C20H22FNO3/c21-17-8-6-15(7-9-17)19(20(24)25)22-11-10-18(16(12-22)13-23)14-4-2-1-3-5-14/h1-9,16,18-19,23H,10-13H2,(H,24,25)/t16-,18+,19?/m0/s1. The first-order valence-corrected chi connectivity index (χ1v) is 8.48. The highest BCUT2D eigenvalue weighted by atomic mass is 19.1. The molecule has 0 aliphatic carbocycles. The van der Waals surface area contributed by atoms with E-state index in [-0.39, 0.29) is 24.3 Å². The van der Waals surface area contributed by atoms with Crippen molar-refractivity contribution >= 4 is 5.97 Å². The lowest BCUT2D eigenvalue weighted by atomic mass is 9.80. The summed E-state index contributed by atoms with van der Waals surface area (Å²) in [6.45, 7) is 1.11. The number of hydrogen-bond acceptors (Lipinski definition) is 3. The van der Waals surface area contributed by atoms with Gasteiger partial charge in [-0.25, -0.2) is 4.39 Å². The summed E-state index contributed by atoms with van der Waals surface area (Å²) in [7, 11) is 0. The number of aliphatic hydroxyl groups excluding tert-OH is 1. The zero-order valence-corrected chi connectivity index (χ0v) is 13.9. The minimum atomic E-state index is -0.957. The summed E-state index contributed by atoms with van der Waals surface area (Å²) in [5.41, 5.74) is 1.73. The van der Waals surface area contributed by atoms with Crippen molar-refractivity contribution in [1.29, 1.82) is 0 Å². The monoisotopic (exact) mass is 343 g/mol. The van der Waals surface area contributed by atoms with Crippen LogP contribution in [-0.4, -0.2) is 40.8 Å². The molecule has 4 nitrogen and oxygen atoms in total. The normalized spacial score (nSPS) is 22.5. The van der Waals surface area contributed by atoms with Crippen molar-refractivity contribution in [2.75, 3.05) is 19.7 Å². The molecule has 2 aromatic carbocycles. The van der Waals surface area contributed by atoms with E-state index in [2.05, 4.69) is 12.1 Å². The van der Waals surface area contributed by atoms with Crippen molar-refractivity contribution in [1.82, 2.24) is 4.90 Å². The van der Waals surface area contributed by atoms with E-state index in [1.807, 2.05) is 23.1 Å². The number of benzene rings is 2. The Morgan fingerprint density at radius 2 is 1.84 bits per heavy atom. The molecule has 3 rings (SSSR count). The number of aliphatic carboxylic acids is 1. The Morgan fingerprint density at radius 3 is 2.44 bits per heavy atom. The average Bonchev–Trinajstić information content (AvgIpc) is 2.64. The Kier molecular flexibility index (Phi) is 5.46. The molecule has 0 saturated carbocycles. The van der Waals surface area contributed by atoms with Crippen LogP contribution in [0.25, 0.3) is 0 Å². The molecule has 25 heavy (non-hydrogen) atoms. The number of nitrogens with zero attached hydrogens (tertiary/aromatic N) is 1. The summed E-state index contributed by atoms with van der Waals surface area (Å²) in [4.78, 5) is 13.7. The molecule has 1 aliphatic heterocycles. The first kappa shape index (κ1) is 17.6. The Bertz CT molecular complexity index is 705. The number of rotatable bonds is 5. The van der Waals surface area contributed by atoms with Gasteiger partial charge in [-0.3, -0.25) is 9.69 Å². The molecule has 5 heteroatoms. The molecule has 1 unspecified atom stereocenters. The van der Waals surface area contributed by atoms with Gasteiger partial charge in [-0.1, -0.05) is 42.5 Å². The van der Waals surface area contributed by atoms with Gasteiger partial charge in [0.25, 0.3) is 0 Å². The summed E-state index contributed by atoms with van der Waals surface area (Å²) in [5.74, 6) is -1.16. The molecule has 0 bridgehead atoms. The number of hydrogen-bond donors (Lipinski definition) is 2. The smallest absolute Gasteiger partial charge is 0.325 e. The minimum Gasteiger partial charge on any atom is -0.480 e. The molecule has 0 amide bonds. The largest absolute Gasteiger partial charge is 0.480 e. The number of carbonyl (C=O) groups is 1. The van der Waals surface area contributed by atoms with Crippen LogP contribution in [-0.2, 0) is 4.79 Å². The molecule has 3 atom stereocenters. The summed E-state index contributed by atoms with van der Waals surface area (Å²) < 4.78 is 13.2. The van der Waals surface area contributed by atoms with E-state index >= 15 is 0 Å². The van der Waals surface area contributed by atoms with E-state index in [0.29, 0.717) is 18.7 Å². The van der Waals surface area contributed by atoms with E-state index in [0.717, 1.165) is 6.42 Å². The Morgan fingerprint density at radius 1 is 1.16 bits per heavy atom. The third kappa shape index (κ3) is 3.89. The van der Waals surface area contributed by atoms with Crippen molar-refractivity contribution in [3.05, 3.63) is 71.5 Å². The maximum absolute atomic E-state index is 13.2. The number of carboxylic acids is 1. The maximum atomic E-state index is 13.2. The summed E-state index contributed by atoms with van der Waals surface area (Å²) in [5, 5.41) is 19.5. The molecule has 2 aromatic rings. The van der Waals surface area contributed by atoms with Crippen molar-refractivity contribution in [2.24, 2.45) is 5.92 Å². The highest BCUT2D eigenvalue weighted by molar-refractivity contribution is 5.75. The van der Waals surface area contributed by atoms with Crippen molar-refractivity contribution in [2.45, 2.75) is 18.4 Å². The first-order chi connectivity index (χ1) is 12.1. The van der Waals surface area contributed by atoms with E-state index in [9.17, 15) is 19.4 Å². The van der Waals surface area contributed by atoms with Gasteiger partial charge in [0.2, 0.25) is 0 Å². The summed E-state index contributed by atoms with van der Waals surface area (Å²) >= 11 is 0. The second kappa shape index (κ2) is 7.76. The third-order valence-electron chi connectivity index (χ3n) is 5.01. The van der Waals surface area contributed by atoms with Gasteiger partial charge < -0.3 is 10.2 Å².